The fourth-order valence-corrected chi connectivity index (χ4v) is 2.51. The Balaban J connectivity index is 2.24. The quantitative estimate of drug-likeness (QED) is 0.611. The molecule has 29 heavy (non-hydrogen) atoms. The van der Waals surface area contributed by atoms with E-state index in [9.17, 15) is 24.0 Å². The van der Waals surface area contributed by atoms with Crippen molar-refractivity contribution in [3.05, 3.63) is 50.0 Å². The monoisotopic (exact) mass is 407 g/mol. The highest BCUT2D eigenvalue weighted by Crippen LogP contribution is 2.29. The van der Waals surface area contributed by atoms with E-state index in [2.05, 4.69) is 10.3 Å². The second-order valence-corrected chi connectivity index (χ2v) is 5.78. The molecule has 11 nitrogen and oxygen atoms in total. The molecule has 0 saturated carbocycles. The Labute approximate surface area is 164 Å². The summed E-state index contributed by atoms with van der Waals surface area (Å²) in [7, 11) is 0. The second-order valence-electron chi connectivity index (χ2n) is 5.78. The van der Waals surface area contributed by atoms with Crippen LogP contribution in [0, 0.1) is 6.92 Å². The summed E-state index contributed by atoms with van der Waals surface area (Å²) in [5.41, 5.74) is -1.57. The van der Waals surface area contributed by atoms with E-state index >= 15 is 0 Å². The number of hydrogen-bond donors (Lipinski definition) is 2. The van der Waals surface area contributed by atoms with Crippen LogP contribution in [-0.4, -0.2) is 40.6 Å². The van der Waals surface area contributed by atoms with Gasteiger partial charge in [-0.2, -0.15) is 0 Å². The number of aryl methyl sites for hydroxylation is 2. The fourth-order valence-electron chi connectivity index (χ4n) is 2.51. The number of ether oxygens (including phenoxy) is 2. The van der Waals surface area contributed by atoms with Gasteiger partial charge in [0.05, 0.1) is 13.2 Å². The maximum atomic E-state index is 12.3. The minimum Gasteiger partial charge on any atom is -0.462 e. The van der Waals surface area contributed by atoms with Crippen molar-refractivity contribution in [3.8, 4) is 0 Å². The topological polar surface area (TPSA) is 150 Å². The number of amides is 1. The zero-order valence-electron chi connectivity index (χ0n) is 16.2. The average molecular weight is 407 g/mol. The van der Waals surface area contributed by atoms with Gasteiger partial charge in [0.25, 0.3) is 5.56 Å². The predicted molar refractivity (Wildman–Crippen MR) is 99.9 cm³/mol. The molecule has 0 saturated heterocycles. The number of hydrogen-bond acceptors (Lipinski definition) is 8. The van der Waals surface area contributed by atoms with Crippen molar-refractivity contribution >= 4 is 23.7 Å². The maximum absolute atomic E-state index is 12.3. The number of rotatable bonds is 8. The molecule has 0 aromatic carbocycles. The third-order valence-corrected chi connectivity index (χ3v) is 3.77. The third-order valence-electron chi connectivity index (χ3n) is 3.77. The summed E-state index contributed by atoms with van der Waals surface area (Å²) in [6, 6.07) is 1.15. The molecule has 0 radical (unpaired) electrons. The Hall–Kier alpha value is -3.63. The van der Waals surface area contributed by atoms with Crippen LogP contribution in [0.15, 0.2) is 26.3 Å². The lowest BCUT2D eigenvalue weighted by Gasteiger charge is -2.07. The largest absolute Gasteiger partial charge is 0.462 e. The summed E-state index contributed by atoms with van der Waals surface area (Å²) in [5, 5.41) is 2.41. The molecule has 0 atom stereocenters. The number of carbonyl (C=O) groups excluding carboxylic acids is 3. The van der Waals surface area contributed by atoms with Crippen LogP contribution in [0.3, 0.4) is 0 Å². The third kappa shape index (κ3) is 5.21. The Morgan fingerprint density at radius 1 is 1.10 bits per heavy atom. The molecule has 11 heteroatoms. The summed E-state index contributed by atoms with van der Waals surface area (Å²) in [6.45, 7) is 4.76. The SMILES string of the molecule is CCOC(=O)c1c(C)oc(NC(=O)CCn2ccc(=O)[nH]c2=O)c1C(=O)OCC. The van der Waals surface area contributed by atoms with Crippen LogP contribution in [0.4, 0.5) is 5.88 Å². The number of nitrogens with one attached hydrogen (secondary N) is 2. The number of esters is 2. The van der Waals surface area contributed by atoms with E-state index in [1.807, 2.05) is 0 Å². The number of furan rings is 1. The van der Waals surface area contributed by atoms with Crippen LogP contribution in [0.1, 0.15) is 46.7 Å². The van der Waals surface area contributed by atoms with Crippen LogP contribution in [-0.2, 0) is 20.8 Å². The fraction of sp³-hybridized carbons (Fsp3) is 0.389. The molecule has 2 heterocycles. The summed E-state index contributed by atoms with van der Waals surface area (Å²) in [6.07, 6.45) is 1.09. The van der Waals surface area contributed by atoms with E-state index in [1.165, 1.54) is 13.1 Å². The lowest BCUT2D eigenvalue weighted by atomic mass is 10.1. The van der Waals surface area contributed by atoms with Crippen LogP contribution in [0.5, 0.6) is 0 Å². The molecular formula is C18H21N3O8. The highest BCUT2D eigenvalue weighted by molar-refractivity contribution is 6.09. The van der Waals surface area contributed by atoms with Crippen LogP contribution in [0.25, 0.3) is 0 Å². The normalized spacial score (nSPS) is 10.4. The van der Waals surface area contributed by atoms with Gasteiger partial charge in [-0.05, 0) is 20.8 Å². The van der Waals surface area contributed by atoms with E-state index in [0.717, 1.165) is 10.6 Å². The molecule has 0 aliphatic rings. The summed E-state index contributed by atoms with van der Waals surface area (Å²) in [5.74, 6) is -2.38. The van der Waals surface area contributed by atoms with E-state index < -0.39 is 29.1 Å². The molecule has 2 rings (SSSR count). The van der Waals surface area contributed by atoms with Crippen molar-refractivity contribution in [2.24, 2.45) is 0 Å². The predicted octanol–water partition coefficient (Wildman–Crippen LogP) is 0.820. The minimum absolute atomic E-state index is 0.0272. The van der Waals surface area contributed by atoms with Gasteiger partial charge in [-0.3, -0.25) is 19.9 Å². The number of aromatic nitrogens is 2. The number of H-pyrrole nitrogens is 1. The van der Waals surface area contributed by atoms with E-state index in [-0.39, 0.29) is 49.0 Å². The van der Waals surface area contributed by atoms with Gasteiger partial charge in [-0.1, -0.05) is 0 Å². The summed E-state index contributed by atoms with van der Waals surface area (Å²) >= 11 is 0. The Morgan fingerprint density at radius 2 is 1.72 bits per heavy atom. The van der Waals surface area contributed by atoms with Gasteiger partial charge in [-0.25, -0.2) is 14.4 Å². The first-order valence-corrected chi connectivity index (χ1v) is 8.85. The molecule has 2 aromatic heterocycles. The van der Waals surface area contributed by atoms with Crippen molar-refractivity contribution in [1.29, 1.82) is 0 Å². The zero-order chi connectivity index (χ0) is 21.6. The Kier molecular flexibility index (Phi) is 7.12. The minimum atomic E-state index is -0.848. The van der Waals surface area contributed by atoms with Gasteiger partial charge in [0.1, 0.15) is 16.9 Å². The van der Waals surface area contributed by atoms with Crippen molar-refractivity contribution in [1.82, 2.24) is 9.55 Å². The first kappa shape index (κ1) is 21.7. The van der Waals surface area contributed by atoms with Gasteiger partial charge in [0.2, 0.25) is 11.8 Å². The molecule has 0 fully saturated rings. The van der Waals surface area contributed by atoms with Gasteiger partial charge < -0.3 is 18.5 Å². The molecule has 2 aromatic rings. The molecule has 0 aliphatic carbocycles. The first-order valence-electron chi connectivity index (χ1n) is 8.85. The van der Waals surface area contributed by atoms with Gasteiger partial charge in [-0.15, -0.1) is 0 Å². The van der Waals surface area contributed by atoms with Crippen molar-refractivity contribution < 1.29 is 28.3 Å². The molecule has 0 aliphatic heterocycles. The number of carbonyl (C=O) groups is 3. The zero-order valence-corrected chi connectivity index (χ0v) is 16.2. The molecule has 156 valence electrons. The van der Waals surface area contributed by atoms with Gasteiger partial charge in [0.15, 0.2) is 0 Å². The van der Waals surface area contributed by atoms with E-state index in [4.69, 9.17) is 13.9 Å². The first-order chi connectivity index (χ1) is 13.8. The number of nitrogens with zero attached hydrogens (tertiary/aromatic N) is 1. The number of anilines is 1. The van der Waals surface area contributed by atoms with E-state index in [1.54, 1.807) is 13.8 Å². The molecular weight excluding hydrogens is 386 g/mol. The molecule has 0 spiro atoms. The molecule has 0 bridgehead atoms. The lowest BCUT2D eigenvalue weighted by Crippen LogP contribution is -2.29. The lowest BCUT2D eigenvalue weighted by molar-refractivity contribution is -0.116. The Morgan fingerprint density at radius 3 is 2.31 bits per heavy atom. The molecule has 2 N–H and O–H groups in total. The smallest absolute Gasteiger partial charge is 0.344 e. The highest BCUT2D eigenvalue weighted by Gasteiger charge is 2.31. The molecule has 0 unspecified atom stereocenters. The van der Waals surface area contributed by atoms with Crippen molar-refractivity contribution in [3.63, 3.8) is 0 Å². The second kappa shape index (κ2) is 9.53. The van der Waals surface area contributed by atoms with Crippen molar-refractivity contribution in [2.75, 3.05) is 18.5 Å². The standard InChI is InChI=1S/C18H21N3O8/c1-4-27-16(24)13-10(3)29-15(14(13)17(25)28-5-2)19-11(22)6-8-21-9-7-12(23)20-18(21)26/h7,9H,4-6,8H2,1-3H3,(H,19,22)(H,20,23,26). The van der Waals surface area contributed by atoms with Crippen LogP contribution in [0.2, 0.25) is 0 Å². The maximum Gasteiger partial charge on any atom is 0.344 e. The van der Waals surface area contributed by atoms with Gasteiger partial charge >= 0.3 is 17.6 Å². The summed E-state index contributed by atoms with van der Waals surface area (Å²) in [4.78, 5) is 61.6. The highest BCUT2D eigenvalue weighted by atomic mass is 16.5. The van der Waals surface area contributed by atoms with Crippen molar-refractivity contribution in [2.45, 2.75) is 33.7 Å². The van der Waals surface area contributed by atoms with Crippen LogP contribution < -0.4 is 16.6 Å². The molecule has 1 amide bonds. The number of aromatic amines is 1. The Bertz CT molecular complexity index is 1030. The van der Waals surface area contributed by atoms with Gasteiger partial charge in [0, 0.05) is 25.2 Å². The van der Waals surface area contributed by atoms with E-state index in [0.29, 0.717) is 0 Å². The summed E-state index contributed by atoms with van der Waals surface area (Å²) < 4.78 is 16.4. The average Bonchev–Trinajstić information content (AvgIpc) is 2.97. The van der Waals surface area contributed by atoms with Crippen LogP contribution >= 0.6 is 0 Å².